The molecule has 14 nitrogen and oxygen atoms in total. The molecule has 200 valence electrons. The number of carboxylic acids is 2. The van der Waals surface area contributed by atoms with Gasteiger partial charge in [0, 0.05) is 18.0 Å². The number of carbonyl (C=O) groups excluding carboxylic acids is 3. The standard InChI is InChI=1S/C27H16N8O6.2Li/c1-28-20-13-31-35(27-29-9-4-10-30-27)23(20)34-33-19-12-14-5-2-3-6-16(14)21(22(19)36)24(37)32-18-8-7-15(25(38)39)11-17(18)26(40)41;;/h2-13,36H,(H,32,37)(H,38,39)(H,40,41);;/q;2*+1/p-2. The van der Waals surface area contributed by atoms with Crippen LogP contribution in [0.3, 0.4) is 0 Å². The maximum Gasteiger partial charge on any atom is 1.00 e. The minimum Gasteiger partial charge on any atom is -0.545 e. The van der Waals surface area contributed by atoms with Crippen molar-refractivity contribution in [3.8, 4) is 11.7 Å². The molecule has 0 aliphatic rings. The van der Waals surface area contributed by atoms with E-state index in [1.54, 1.807) is 30.3 Å². The summed E-state index contributed by atoms with van der Waals surface area (Å²) >= 11 is 0. The molecule has 2 N–H and O–H groups in total. The molecule has 2 heterocycles. The van der Waals surface area contributed by atoms with Gasteiger partial charge in [0.25, 0.3) is 17.5 Å². The van der Waals surface area contributed by atoms with Crippen molar-refractivity contribution in [1.29, 1.82) is 0 Å². The maximum absolute atomic E-state index is 13.4. The number of hydrogen-bond acceptors (Lipinski definition) is 11. The number of fused-ring (bicyclic) bond motifs is 1. The predicted octanol–water partition coefficient (Wildman–Crippen LogP) is -3.53. The number of carbonyl (C=O) groups is 3. The summed E-state index contributed by atoms with van der Waals surface area (Å²) in [5.41, 5.74) is -1.72. The fraction of sp³-hybridized carbons (Fsp3) is 0. The number of aromatic nitrogens is 4. The molecule has 2 aromatic heterocycles. The summed E-state index contributed by atoms with van der Waals surface area (Å²) in [4.78, 5) is 47.7. The number of carboxylic acid groups (broad SMARTS) is 2. The molecule has 0 spiro atoms. The molecule has 0 radical (unpaired) electrons. The summed E-state index contributed by atoms with van der Waals surface area (Å²) in [6.45, 7) is 7.42. The van der Waals surface area contributed by atoms with Crippen molar-refractivity contribution in [2.45, 2.75) is 0 Å². The van der Waals surface area contributed by atoms with Crippen molar-refractivity contribution in [2.24, 2.45) is 10.2 Å². The molecule has 0 aliphatic carbocycles. The van der Waals surface area contributed by atoms with Crippen LogP contribution in [0.1, 0.15) is 31.1 Å². The number of phenols is 1. The number of nitrogens with one attached hydrogen (secondary N) is 1. The first-order chi connectivity index (χ1) is 19.8. The van der Waals surface area contributed by atoms with Crippen LogP contribution in [0.4, 0.5) is 22.9 Å². The van der Waals surface area contributed by atoms with Gasteiger partial charge < -0.3 is 30.2 Å². The fourth-order valence-corrected chi connectivity index (χ4v) is 3.92. The Balaban J connectivity index is 0.00000253. The second-order valence-electron chi connectivity index (χ2n) is 8.26. The Morgan fingerprint density at radius 1 is 0.953 bits per heavy atom. The zero-order valence-electron chi connectivity index (χ0n) is 22.5. The number of benzene rings is 3. The summed E-state index contributed by atoms with van der Waals surface area (Å²) in [7, 11) is 0. The van der Waals surface area contributed by atoms with Gasteiger partial charge >= 0.3 is 37.7 Å². The van der Waals surface area contributed by atoms with E-state index in [2.05, 4.69) is 35.5 Å². The van der Waals surface area contributed by atoms with E-state index in [-0.39, 0.29) is 72.1 Å². The van der Waals surface area contributed by atoms with E-state index < -0.39 is 34.7 Å². The Bertz CT molecular complexity index is 1940. The number of rotatable bonds is 7. The number of aromatic hydroxyl groups is 1. The molecular weight excluding hydrogens is 546 g/mol. The van der Waals surface area contributed by atoms with Gasteiger partial charge in [-0.05, 0) is 40.6 Å². The molecule has 43 heavy (non-hydrogen) atoms. The van der Waals surface area contributed by atoms with E-state index in [0.29, 0.717) is 10.8 Å². The zero-order valence-corrected chi connectivity index (χ0v) is 22.5. The van der Waals surface area contributed by atoms with Crippen LogP contribution in [0.5, 0.6) is 5.75 Å². The van der Waals surface area contributed by atoms with E-state index in [9.17, 15) is 29.7 Å². The molecule has 5 aromatic rings. The molecule has 0 atom stereocenters. The molecule has 0 saturated carbocycles. The molecular formula is C27H14Li2N8O6. The molecule has 0 unspecified atom stereocenters. The van der Waals surface area contributed by atoms with Crippen LogP contribution in [-0.2, 0) is 0 Å². The molecule has 1 amide bonds. The van der Waals surface area contributed by atoms with E-state index in [1.807, 2.05) is 0 Å². The van der Waals surface area contributed by atoms with Gasteiger partial charge in [-0.2, -0.15) is 9.78 Å². The molecule has 0 fully saturated rings. The minimum absolute atomic E-state index is 0. The summed E-state index contributed by atoms with van der Waals surface area (Å²) in [6.07, 6.45) is 4.19. The fourth-order valence-electron chi connectivity index (χ4n) is 3.92. The molecule has 5 rings (SSSR count). The second-order valence-corrected chi connectivity index (χ2v) is 8.26. The van der Waals surface area contributed by atoms with E-state index >= 15 is 0 Å². The molecule has 16 heteroatoms. The number of anilines is 1. The summed E-state index contributed by atoms with van der Waals surface area (Å²) in [5.74, 6) is -4.80. The number of nitrogens with zero attached hydrogens (tertiary/aromatic N) is 7. The van der Waals surface area contributed by atoms with Crippen molar-refractivity contribution in [2.75, 3.05) is 5.32 Å². The van der Waals surface area contributed by atoms with Crippen LogP contribution < -0.4 is 53.3 Å². The molecule has 0 aliphatic heterocycles. The average Bonchev–Trinajstić information content (AvgIpc) is 3.39. The first-order valence-corrected chi connectivity index (χ1v) is 11.6. The smallest absolute Gasteiger partial charge is 0.545 e. The minimum atomic E-state index is -1.74. The summed E-state index contributed by atoms with van der Waals surface area (Å²) in [5, 5.41) is 49.3. The van der Waals surface area contributed by atoms with Crippen LogP contribution in [0.2, 0.25) is 0 Å². The molecule has 0 saturated heterocycles. The predicted molar refractivity (Wildman–Crippen MR) is 138 cm³/mol. The van der Waals surface area contributed by atoms with E-state index in [4.69, 9.17) is 6.57 Å². The van der Waals surface area contributed by atoms with E-state index in [0.717, 1.165) is 18.2 Å². The third-order valence-electron chi connectivity index (χ3n) is 5.79. The largest absolute Gasteiger partial charge is 1.00 e. The van der Waals surface area contributed by atoms with Gasteiger partial charge in [-0.3, -0.25) is 4.79 Å². The number of amides is 1. The quantitative estimate of drug-likeness (QED) is 0.115. The number of phenolic OH excluding ortho intramolecular Hbond substituents is 1. The summed E-state index contributed by atoms with van der Waals surface area (Å²) in [6, 6.07) is 12.5. The maximum atomic E-state index is 13.4. The third kappa shape index (κ3) is 6.46. The second kappa shape index (κ2) is 13.6. The van der Waals surface area contributed by atoms with Gasteiger partial charge in [0.15, 0.2) is 11.6 Å². The number of hydrogen-bond donors (Lipinski definition) is 2. The van der Waals surface area contributed by atoms with Gasteiger partial charge in [-0.1, -0.05) is 30.3 Å². The van der Waals surface area contributed by atoms with Crippen LogP contribution in [0.25, 0.3) is 21.6 Å². The zero-order chi connectivity index (χ0) is 29.1. The van der Waals surface area contributed by atoms with Crippen molar-refractivity contribution in [3.05, 3.63) is 101 Å². The third-order valence-corrected chi connectivity index (χ3v) is 5.79. The first-order valence-electron chi connectivity index (χ1n) is 11.6. The van der Waals surface area contributed by atoms with Gasteiger partial charge in [-0.15, -0.1) is 10.2 Å². The van der Waals surface area contributed by atoms with Gasteiger partial charge in [0.05, 0.1) is 36.0 Å². The average molecular weight is 560 g/mol. The van der Waals surface area contributed by atoms with Gasteiger partial charge in [0.1, 0.15) is 5.69 Å². The normalized spacial score (nSPS) is 10.4. The van der Waals surface area contributed by atoms with Crippen molar-refractivity contribution >= 4 is 51.5 Å². The molecule has 3 aromatic carbocycles. The first kappa shape index (κ1) is 32.2. The van der Waals surface area contributed by atoms with Gasteiger partial charge in [-0.25, -0.2) is 14.8 Å². The number of azo groups is 1. The van der Waals surface area contributed by atoms with Crippen molar-refractivity contribution in [1.82, 2.24) is 19.7 Å². The Hall–Kier alpha value is -5.30. The monoisotopic (exact) mass is 560 g/mol. The van der Waals surface area contributed by atoms with Crippen LogP contribution in [0.15, 0.2) is 83.4 Å². The Labute approximate surface area is 266 Å². The Morgan fingerprint density at radius 2 is 1.67 bits per heavy atom. The van der Waals surface area contributed by atoms with E-state index in [1.165, 1.54) is 29.3 Å². The van der Waals surface area contributed by atoms with Crippen LogP contribution in [0, 0.1) is 6.57 Å². The van der Waals surface area contributed by atoms with Crippen LogP contribution >= 0.6 is 0 Å². The number of aromatic carboxylic acids is 2. The molecule has 0 bridgehead atoms. The topological polar surface area (TPSA) is 202 Å². The van der Waals surface area contributed by atoms with Crippen molar-refractivity contribution < 1.29 is 67.4 Å². The van der Waals surface area contributed by atoms with Crippen LogP contribution in [-0.4, -0.2) is 42.7 Å². The summed E-state index contributed by atoms with van der Waals surface area (Å²) < 4.78 is 1.18. The SMILES string of the molecule is [C-]#[N+]c1cnn(-c2ncccn2)c1N=Nc1cc2ccccc2c(C(=O)Nc2ccc(C(=O)[O-])cc2C(=O)[O-])c1O.[Li+].[Li+]. The van der Waals surface area contributed by atoms with Gasteiger partial charge in [0.2, 0.25) is 0 Å². The Morgan fingerprint density at radius 3 is 2.35 bits per heavy atom. The Kier molecular flexibility index (Phi) is 10.2. The van der Waals surface area contributed by atoms with Crippen molar-refractivity contribution in [3.63, 3.8) is 0 Å².